The van der Waals surface area contributed by atoms with E-state index >= 15 is 0 Å². The first-order valence-corrected chi connectivity index (χ1v) is 6.87. The second-order valence-electron chi connectivity index (χ2n) is 6.70. The molecule has 1 aliphatic heterocycles. The van der Waals surface area contributed by atoms with Crippen molar-refractivity contribution in [1.29, 1.82) is 0 Å². The van der Waals surface area contributed by atoms with Crippen LogP contribution in [0.5, 0.6) is 0 Å². The predicted molar refractivity (Wildman–Crippen MR) is 73.2 cm³/mol. The van der Waals surface area contributed by atoms with Crippen LogP contribution < -0.4 is 5.73 Å². The summed E-state index contributed by atoms with van der Waals surface area (Å²) in [6.07, 6.45) is 1.07. The molecule has 0 aromatic carbocycles. The molecule has 18 heavy (non-hydrogen) atoms. The van der Waals surface area contributed by atoms with Crippen molar-refractivity contribution in [2.24, 2.45) is 17.1 Å². The van der Waals surface area contributed by atoms with Crippen LogP contribution in [-0.4, -0.2) is 42.6 Å². The molecular weight excluding hydrogens is 228 g/mol. The molecule has 1 saturated heterocycles. The molecule has 1 heterocycles. The highest BCUT2D eigenvalue weighted by molar-refractivity contribution is 5.79. The molecule has 3 atom stereocenters. The zero-order valence-corrected chi connectivity index (χ0v) is 12.4. The van der Waals surface area contributed by atoms with Crippen molar-refractivity contribution in [3.8, 4) is 0 Å². The smallest absolute Gasteiger partial charge is 0.227 e. The SMILES string of the molecule is C[C@@H]1CN(C(=O)C(CN)CC(C)(C)C)C[C@H](C)O1. The van der Waals surface area contributed by atoms with Crippen LogP contribution in [-0.2, 0) is 9.53 Å². The fraction of sp³-hybridized carbons (Fsp3) is 0.929. The largest absolute Gasteiger partial charge is 0.372 e. The zero-order chi connectivity index (χ0) is 13.9. The summed E-state index contributed by atoms with van der Waals surface area (Å²) in [6.45, 7) is 12.3. The fourth-order valence-corrected chi connectivity index (χ4v) is 2.63. The number of ether oxygens (including phenoxy) is 1. The molecular formula is C14H28N2O2. The molecule has 1 aliphatic rings. The Morgan fingerprint density at radius 1 is 1.33 bits per heavy atom. The Balaban J connectivity index is 2.65. The van der Waals surface area contributed by atoms with Crippen molar-refractivity contribution in [1.82, 2.24) is 4.90 Å². The van der Waals surface area contributed by atoms with E-state index in [4.69, 9.17) is 10.5 Å². The highest BCUT2D eigenvalue weighted by Crippen LogP contribution is 2.26. The molecule has 106 valence electrons. The molecule has 0 saturated carbocycles. The molecule has 0 spiro atoms. The lowest BCUT2D eigenvalue weighted by molar-refractivity contribution is -0.148. The van der Waals surface area contributed by atoms with Gasteiger partial charge in [0.15, 0.2) is 0 Å². The van der Waals surface area contributed by atoms with E-state index in [9.17, 15) is 4.79 Å². The predicted octanol–water partition coefficient (Wildman–Crippen LogP) is 1.63. The van der Waals surface area contributed by atoms with E-state index < -0.39 is 0 Å². The monoisotopic (exact) mass is 256 g/mol. The van der Waals surface area contributed by atoms with Crippen molar-refractivity contribution in [2.45, 2.75) is 53.2 Å². The summed E-state index contributed by atoms with van der Waals surface area (Å²) < 4.78 is 5.66. The maximum atomic E-state index is 12.5. The topological polar surface area (TPSA) is 55.6 Å². The van der Waals surface area contributed by atoms with Gasteiger partial charge in [-0.15, -0.1) is 0 Å². The Kier molecular flexibility index (Phi) is 5.17. The molecule has 4 heteroatoms. The summed E-state index contributed by atoms with van der Waals surface area (Å²) in [6, 6.07) is 0. The van der Waals surface area contributed by atoms with Crippen LogP contribution in [0.4, 0.5) is 0 Å². The van der Waals surface area contributed by atoms with Crippen LogP contribution in [0.2, 0.25) is 0 Å². The lowest BCUT2D eigenvalue weighted by atomic mass is 9.84. The molecule has 0 radical (unpaired) electrons. The lowest BCUT2D eigenvalue weighted by Gasteiger charge is -2.38. The van der Waals surface area contributed by atoms with Crippen molar-refractivity contribution < 1.29 is 9.53 Å². The zero-order valence-electron chi connectivity index (χ0n) is 12.4. The molecule has 1 fully saturated rings. The van der Waals surface area contributed by atoms with Crippen molar-refractivity contribution in [3.63, 3.8) is 0 Å². The van der Waals surface area contributed by atoms with E-state index in [2.05, 4.69) is 20.8 Å². The number of carbonyl (C=O) groups is 1. The summed E-state index contributed by atoms with van der Waals surface area (Å²) in [7, 11) is 0. The molecule has 1 unspecified atom stereocenters. The fourth-order valence-electron chi connectivity index (χ4n) is 2.63. The number of morpholine rings is 1. The summed E-state index contributed by atoms with van der Waals surface area (Å²) in [5, 5.41) is 0. The van der Waals surface area contributed by atoms with Crippen LogP contribution in [0.15, 0.2) is 0 Å². The third kappa shape index (κ3) is 4.58. The summed E-state index contributed by atoms with van der Waals surface area (Å²) in [5.41, 5.74) is 5.91. The number of hydrogen-bond donors (Lipinski definition) is 1. The van der Waals surface area contributed by atoms with E-state index in [1.807, 2.05) is 18.7 Å². The summed E-state index contributed by atoms with van der Waals surface area (Å²) in [4.78, 5) is 14.4. The average molecular weight is 256 g/mol. The van der Waals surface area contributed by atoms with Gasteiger partial charge in [0.2, 0.25) is 5.91 Å². The molecule has 1 rings (SSSR count). The van der Waals surface area contributed by atoms with Gasteiger partial charge in [-0.05, 0) is 25.7 Å². The third-order valence-electron chi connectivity index (χ3n) is 3.22. The van der Waals surface area contributed by atoms with E-state index in [-0.39, 0.29) is 29.4 Å². The standard InChI is InChI=1S/C14H28N2O2/c1-10-8-16(9-11(2)18-10)13(17)12(7-15)6-14(3,4)5/h10-12H,6-9,15H2,1-5H3/t10-,11+,12?. The first kappa shape index (κ1) is 15.4. The Morgan fingerprint density at radius 3 is 2.22 bits per heavy atom. The second-order valence-corrected chi connectivity index (χ2v) is 6.70. The van der Waals surface area contributed by atoms with Gasteiger partial charge in [-0.1, -0.05) is 20.8 Å². The average Bonchev–Trinajstić information content (AvgIpc) is 2.22. The summed E-state index contributed by atoms with van der Waals surface area (Å²) in [5.74, 6) is 0.122. The maximum absolute atomic E-state index is 12.5. The van der Waals surface area contributed by atoms with Gasteiger partial charge in [-0.2, -0.15) is 0 Å². The van der Waals surface area contributed by atoms with Crippen LogP contribution >= 0.6 is 0 Å². The highest BCUT2D eigenvalue weighted by Gasteiger charge is 2.31. The van der Waals surface area contributed by atoms with Crippen LogP contribution in [0.1, 0.15) is 41.0 Å². The van der Waals surface area contributed by atoms with Crippen LogP contribution in [0, 0.1) is 11.3 Å². The van der Waals surface area contributed by atoms with Crippen molar-refractivity contribution >= 4 is 5.91 Å². The number of hydrogen-bond acceptors (Lipinski definition) is 3. The van der Waals surface area contributed by atoms with Gasteiger partial charge in [0.05, 0.1) is 18.1 Å². The Bertz CT molecular complexity index is 272. The minimum absolute atomic E-state index is 0.0671. The highest BCUT2D eigenvalue weighted by atomic mass is 16.5. The van der Waals surface area contributed by atoms with Crippen LogP contribution in [0.25, 0.3) is 0 Å². The Labute approximate surface area is 111 Å². The maximum Gasteiger partial charge on any atom is 0.227 e. The minimum Gasteiger partial charge on any atom is -0.372 e. The van der Waals surface area contributed by atoms with Gasteiger partial charge < -0.3 is 15.4 Å². The lowest BCUT2D eigenvalue weighted by Crippen LogP contribution is -2.51. The first-order valence-electron chi connectivity index (χ1n) is 6.87. The molecule has 4 nitrogen and oxygen atoms in total. The molecule has 0 aromatic rings. The van der Waals surface area contributed by atoms with E-state index in [1.165, 1.54) is 0 Å². The number of amides is 1. The van der Waals surface area contributed by atoms with Gasteiger partial charge in [-0.25, -0.2) is 0 Å². The van der Waals surface area contributed by atoms with Gasteiger partial charge in [-0.3, -0.25) is 4.79 Å². The molecule has 0 aliphatic carbocycles. The number of rotatable bonds is 3. The van der Waals surface area contributed by atoms with Gasteiger partial charge >= 0.3 is 0 Å². The third-order valence-corrected chi connectivity index (χ3v) is 3.22. The van der Waals surface area contributed by atoms with Gasteiger partial charge in [0.1, 0.15) is 0 Å². The molecule has 2 N–H and O–H groups in total. The van der Waals surface area contributed by atoms with Crippen molar-refractivity contribution in [2.75, 3.05) is 19.6 Å². The van der Waals surface area contributed by atoms with Crippen LogP contribution in [0.3, 0.4) is 0 Å². The van der Waals surface area contributed by atoms with E-state index in [1.54, 1.807) is 0 Å². The van der Waals surface area contributed by atoms with Gasteiger partial charge in [0.25, 0.3) is 0 Å². The molecule has 1 amide bonds. The summed E-state index contributed by atoms with van der Waals surface area (Å²) >= 11 is 0. The molecule has 0 bridgehead atoms. The quantitative estimate of drug-likeness (QED) is 0.835. The minimum atomic E-state index is -0.0671. The number of nitrogens with zero attached hydrogens (tertiary/aromatic N) is 1. The van der Waals surface area contributed by atoms with Crippen molar-refractivity contribution in [3.05, 3.63) is 0 Å². The molecule has 0 aromatic heterocycles. The van der Waals surface area contributed by atoms with Gasteiger partial charge in [0, 0.05) is 19.6 Å². The van der Waals surface area contributed by atoms with E-state index in [0.717, 1.165) is 6.42 Å². The Hall–Kier alpha value is -0.610. The Morgan fingerprint density at radius 2 is 1.83 bits per heavy atom. The second kappa shape index (κ2) is 6.02. The number of nitrogens with two attached hydrogens (primary N) is 1. The normalized spacial score (nSPS) is 27.1. The first-order chi connectivity index (χ1) is 8.23. The van der Waals surface area contributed by atoms with E-state index in [0.29, 0.717) is 19.6 Å². The number of carbonyl (C=O) groups excluding carboxylic acids is 1.